The number of methoxy groups -OCH3 is 2. The SMILES string of the molecule is CCOc1cc(Nc2ncc(C)c(Nc3ccc(NS(=O)(=O)C4CC4)cc3C)n2)cc(OC)c1OC. The van der Waals surface area contributed by atoms with E-state index in [-0.39, 0.29) is 5.25 Å². The van der Waals surface area contributed by atoms with Crippen LogP contribution in [0.15, 0.2) is 36.5 Å². The van der Waals surface area contributed by atoms with Crippen LogP contribution in [0.4, 0.5) is 28.8 Å². The van der Waals surface area contributed by atoms with Crippen LogP contribution in [0.2, 0.25) is 0 Å². The minimum absolute atomic E-state index is 0.277. The third-order valence-corrected chi connectivity index (χ3v) is 7.54. The molecular formula is C25H31N5O5S. The van der Waals surface area contributed by atoms with Gasteiger partial charge in [-0.3, -0.25) is 4.72 Å². The summed E-state index contributed by atoms with van der Waals surface area (Å²) in [5, 5.41) is 6.24. The molecule has 0 atom stereocenters. The van der Waals surface area contributed by atoms with Gasteiger partial charge in [0.25, 0.3) is 0 Å². The molecule has 0 radical (unpaired) electrons. The van der Waals surface area contributed by atoms with Gasteiger partial charge < -0.3 is 24.8 Å². The Kier molecular flexibility index (Phi) is 7.39. The highest BCUT2D eigenvalue weighted by molar-refractivity contribution is 7.93. The van der Waals surface area contributed by atoms with E-state index >= 15 is 0 Å². The van der Waals surface area contributed by atoms with Crippen LogP contribution in [-0.4, -0.2) is 44.5 Å². The molecule has 1 aliphatic rings. The lowest BCUT2D eigenvalue weighted by Gasteiger charge is -2.16. The zero-order valence-electron chi connectivity index (χ0n) is 21.0. The van der Waals surface area contributed by atoms with Gasteiger partial charge in [0.05, 0.1) is 26.1 Å². The summed E-state index contributed by atoms with van der Waals surface area (Å²) >= 11 is 0. The first kappa shape index (κ1) is 25.4. The normalized spacial score (nSPS) is 13.1. The molecule has 11 heteroatoms. The van der Waals surface area contributed by atoms with Gasteiger partial charge in [0.1, 0.15) is 5.82 Å². The molecule has 3 N–H and O–H groups in total. The molecule has 0 aliphatic heterocycles. The molecule has 0 spiro atoms. The molecule has 0 bridgehead atoms. The van der Waals surface area contributed by atoms with Crippen LogP contribution < -0.4 is 29.6 Å². The van der Waals surface area contributed by atoms with Crippen molar-refractivity contribution in [2.24, 2.45) is 0 Å². The number of anilines is 5. The second-order valence-electron chi connectivity index (χ2n) is 8.49. The highest BCUT2D eigenvalue weighted by Crippen LogP contribution is 2.40. The zero-order chi connectivity index (χ0) is 25.9. The number of nitrogens with zero attached hydrogens (tertiary/aromatic N) is 2. The molecule has 0 saturated heterocycles. The zero-order valence-corrected chi connectivity index (χ0v) is 21.8. The maximum atomic E-state index is 12.2. The van der Waals surface area contributed by atoms with E-state index in [2.05, 4.69) is 25.3 Å². The lowest BCUT2D eigenvalue weighted by atomic mass is 10.1. The molecule has 36 heavy (non-hydrogen) atoms. The van der Waals surface area contributed by atoms with E-state index in [0.29, 0.717) is 59.8 Å². The van der Waals surface area contributed by atoms with Crippen molar-refractivity contribution >= 4 is 38.9 Å². The van der Waals surface area contributed by atoms with Crippen molar-refractivity contribution in [1.29, 1.82) is 0 Å². The Morgan fingerprint density at radius 3 is 2.36 bits per heavy atom. The van der Waals surface area contributed by atoms with Crippen LogP contribution in [-0.2, 0) is 10.0 Å². The maximum absolute atomic E-state index is 12.2. The Bertz CT molecular complexity index is 1360. The molecule has 1 aliphatic carbocycles. The summed E-state index contributed by atoms with van der Waals surface area (Å²) in [4.78, 5) is 9.03. The van der Waals surface area contributed by atoms with E-state index < -0.39 is 10.0 Å². The molecule has 10 nitrogen and oxygen atoms in total. The van der Waals surface area contributed by atoms with Crippen LogP contribution in [0.3, 0.4) is 0 Å². The fourth-order valence-electron chi connectivity index (χ4n) is 3.64. The number of aryl methyl sites for hydroxylation is 2. The van der Waals surface area contributed by atoms with Gasteiger partial charge in [-0.1, -0.05) is 0 Å². The molecule has 1 fully saturated rings. The molecule has 1 heterocycles. The Morgan fingerprint density at radius 1 is 0.972 bits per heavy atom. The number of hydrogen-bond donors (Lipinski definition) is 3. The summed E-state index contributed by atoms with van der Waals surface area (Å²) in [6, 6.07) is 8.95. The van der Waals surface area contributed by atoms with Gasteiger partial charge >= 0.3 is 0 Å². The predicted molar refractivity (Wildman–Crippen MR) is 141 cm³/mol. The fraction of sp³-hybridized carbons (Fsp3) is 0.360. The largest absolute Gasteiger partial charge is 0.493 e. The van der Waals surface area contributed by atoms with Crippen molar-refractivity contribution < 1.29 is 22.6 Å². The van der Waals surface area contributed by atoms with Gasteiger partial charge in [0.15, 0.2) is 11.5 Å². The molecule has 2 aromatic carbocycles. The van der Waals surface area contributed by atoms with Gasteiger partial charge in [0.2, 0.25) is 21.7 Å². The van der Waals surface area contributed by atoms with Crippen molar-refractivity contribution in [1.82, 2.24) is 9.97 Å². The fourth-order valence-corrected chi connectivity index (χ4v) is 5.02. The Morgan fingerprint density at radius 2 is 1.72 bits per heavy atom. The van der Waals surface area contributed by atoms with E-state index in [4.69, 9.17) is 14.2 Å². The molecule has 0 amide bonds. The minimum Gasteiger partial charge on any atom is -0.493 e. The maximum Gasteiger partial charge on any atom is 0.235 e. The first-order chi connectivity index (χ1) is 17.2. The number of sulfonamides is 1. The summed E-state index contributed by atoms with van der Waals surface area (Å²) in [6.45, 7) is 6.18. The average Bonchev–Trinajstić information content (AvgIpc) is 3.69. The van der Waals surface area contributed by atoms with E-state index in [0.717, 1.165) is 16.8 Å². The summed E-state index contributed by atoms with van der Waals surface area (Å²) in [7, 11) is -0.190. The Balaban J connectivity index is 1.54. The minimum atomic E-state index is -3.31. The highest BCUT2D eigenvalue weighted by atomic mass is 32.2. The lowest BCUT2D eigenvalue weighted by molar-refractivity contribution is 0.297. The lowest BCUT2D eigenvalue weighted by Crippen LogP contribution is -2.17. The number of ether oxygens (including phenoxy) is 3. The molecule has 1 aromatic heterocycles. The molecular weight excluding hydrogens is 482 g/mol. The quantitative estimate of drug-likeness (QED) is 0.328. The highest BCUT2D eigenvalue weighted by Gasteiger charge is 2.35. The third kappa shape index (κ3) is 5.73. The van der Waals surface area contributed by atoms with Gasteiger partial charge in [-0.2, -0.15) is 4.98 Å². The number of rotatable bonds is 11. The van der Waals surface area contributed by atoms with E-state index in [1.165, 1.54) is 0 Å². The first-order valence-electron chi connectivity index (χ1n) is 11.6. The van der Waals surface area contributed by atoms with Crippen LogP contribution >= 0.6 is 0 Å². The molecule has 0 unspecified atom stereocenters. The number of aromatic nitrogens is 2. The molecule has 192 valence electrons. The smallest absolute Gasteiger partial charge is 0.235 e. The van der Waals surface area contributed by atoms with Crippen molar-refractivity contribution in [3.8, 4) is 17.2 Å². The second kappa shape index (κ2) is 10.5. The van der Waals surface area contributed by atoms with E-state index in [9.17, 15) is 8.42 Å². The third-order valence-electron chi connectivity index (χ3n) is 5.68. The standard InChI is InChI=1S/C25H31N5O5S/c1-6-35-22-13-18(12-21(33-4)23(22)34-5)27-25-26-14-16(3)24(29-25)28-20-10-7-17(11-15(20)2)30-36(31,32)19-8-9-19/h7,10-14,19,30H,6,8-9H2,1-5H3,(H2,26,27,28,29). The van der Waals surface area contributed by atoms with Crippen molar-refractivity contribution in [2.75, 3.05) is 36.2 Å². The van der Waals surface area contributed by atoms with Gasteiger partial charge in [-0.25, -0.2) is 13.4 Å². The van der Waals surface area contributed by atoms with Crippen LogP contribution in [0, 0.1) is 13.8 Å². The predicted octanol–water partition coefficient (Wildman–Crippen LogP) is 4.90. The van der Waals surface area contributed by atoms with Gasteiger partial charge in [0, 0.05) is 41.0 Å². The molecule has 4 rings (SSSR count). The number of benzene rings is 2. The Hall–Kier alpha value is -3.73. The summed E-state index contributed by atoms with van der Waals surface area (Å²) in [5.41, 5.74) is 3.75. The van der Waals surface area contributed by atoms with E-state index in [1.54, 1.807) is 44.7 Å². The van der Waals surface area contributed by atoms with Crippen LogP contribution in [0.25, 0.3) is 0 Å². The molecule has 3 aromatic rings. The van der Waals surface area contributed by atoms with Gasteiger partial charge in [-0.15, -0.1) is 0 Å². The topological polar surface area (TPSA) is 124 Å². The first-order valence-corrected chi connectivity index (χ1v) is 13.2. The average molecular weight is 514 g/mol. The van der Waals surface area contributed by atoms with E-state index in [1.807, 2.05) is 26.8 Å². The van der Waals surface area contributed by atoms with Crippen molar-refractivity contribution in [3.63, 3.8) is 0 Å². The van der Waals surface area contributed by atoms with Crippen molar-refractivity contribution in [2.45, 2.75) is 38.9 Å². The summed E-state index contributed by atoms with van der Waals surface area (Å²) in [6.07, 6.45) is 3.15. The monoisotopic (exact) mass is 513 g/mol. The van der Waals surface area contributed by atoms with Crippen LogP contribution in [0.5, 0.6) is 17.2 Å². The summed E-state index contributed by atoms with van der Waals surface area (Å²) < 4.78 is 43.7. The van der Waals surface area contributed by atoms with Crippen molar-refractivity contribution in [3.05, 3.63) is 47.7 Å². The van der Waals surface area contributed by atoms with Crippen LogP contribution in [0.1, 0.15) is 30.9 Å². The Labute approximate surface area is 211 Å². The number of hydrogen-bond acceptors (Lipinski definition) is 9. The summed E-state index contributed by atoms with van der Waals surface area (Å²) in [5.74, 6) is 2.57. The van der Waals surface area contributed by atoms with Gasteiger partial charge in [-0.05, 0) is 57.4 Å². The second-order valence-corrected chi connectivity index (χ2v) is 10.5. The molecule has 1 saturated carbocycles. The number of nitrogens with one attached hydrogen (secondary N) is 3.